The number of hydrogen-bond acceptors (Lipinski definition) is 3. The standard InChI is InChI=1S/C21H27NO2S/c1-15-9-10-19(11-16(15)2)24-13-17-12-20(25-14-17)21(23)22-18-7-5-3-4-6-8-18/h9-12,14,18H,3-8,13H2,1-2H3,(H,22,23). The molecule has 1 aliphatic rings. The Hall–Kier alpha value is -1.81. The monoisotopic (exact) mass is 357 g/mol. The van der Waals surface area contributed by atoms with Crippen LogP contribution in [0.3, 0.4) is 0 Å². The predicted octanol–water partition coefficient (Wildman–Crippen LogP) is 5.40. The molecule has 0 atom stereocenters. The summed E-state index contributed by atoms with van der Waals surface area (Å²) < 4.78 is 5.86. The highest BCUT2D eigenvalue weighted by Gasteiger charge is 2.17. The van der Waals surface area contributed by atoms with E-state index in [9.17, 15) is 4.79 Å². The van der Waals surface area contributed by atoms with E-state index in [4.69, 9.17) is 4.74 Å². The van der Waals surface area contributed by atoms with Crippen molar-refractivity contribution in [3.63, 3.8) is 0 Å². The molecule has 1 aliphatic carbocycles. The van der Waals surface area contributed by atoms with E-state index in [1.54, 1.807) is 0 Å². The fourth-order valence-corrected chi connectivity index (χ4v) is 4.02. The van der Waals surface area contributed by atoms with Crippen molar-refractivity contribution in [3.8, 4) is 5.75 Å². The molecule has 0 bridgehead atoms. The summed E-state index contributed by atoms with van der Waals surface area (Å²) in [6, 6.07) is 8.42. The van der Waals surface area contributed by atoms with Gasteiger partial charge in [-0.05, 0) is 61.4 Å². The van der Waals surface area contributed by atoms with Crippen LogP contribution >= 0.6 is 11.3 Å². The van der Waals surface area contributed by atoms with Gasteiger partial charge in [-0.25, -0.2) is 0 Å². The van der Waals surface area contributed by atoms with E-state index >= 15 is 0 Å². The van der Waals surface area contributed by atoms with Crippen LogP contribution in [0.25, 0.3) is 0 Å². The Labute approximate surface area is 154 Å². The lowest BCUT2D eigenvalue weighted by Crippen LogP contribution is -2.33. The Morgan fingerprint density at radius 3 is 2.60 bits per heavy atom. The number of amides is 1. The molecule has 1 saturated carbocycles. The van der Waals surface area contributed by atoms with Crippen LogP contribution in [0.1, 0.15) is 64.9 Å². The van der Waals surface area contributed by atoms with E-state index in [0.717, 1.165) is 29.0 Å². The van der Waals surface area contributed by atoms with Crippen LogP contribution in [0.4, 0.5) is 0 Å². The number of hydrogen-bond donors (Lipinski definition) is 1. The maximum atomic E-state index is 12.5. The van der Waals surface area contributed by atoms with Crippen molar-refractivity contribution in [2.24, 2.45) is 0 Å². The Bertz CT molecular complexity index is 714. The van der Waals surface area contributed by atoms with Gasteiger partial charge in [0, 0.05) is 11.6 Å². The predicted molar refractivity (Wildman–Crippen MR) is 104 cm³/mol. The van der Waals surface area contributed by atoms with Gasteiger partial charge in [0.25, 0.3) is 5.91 Å². The molecule has 0 aliphatic heterocycles. The Kier molecular flexibility index (Phi) is 6.14. The van der Waals surface area contributed by atoms with Crippen molar-refractivity contribution in [3.05, 3.63) is 51.2 Å². The van der Waals surface area contributed by atoms with Gasteiger partial charge in [-0.2, -0.15) is 0 Å². The SMILES string of the molecule is Cc1ccc(OCc2csc(C(=O)NC3CCCCCC3)c2)cc1C. The highest BCUT2D eigenvalue weighted by Crippen LogP contribution is 2.21. The summed E-state index contributed by atoms with van der Waals surface area (Å²) in [6.07, 6.45) is 7.27. The van der Waals surface area contributed by atoms with Gasteiger partial charge in [-0.3, -0.25) is 4.79 Å². The lowest BCUT2D eigenvalue weighted by atomic mass is 10.1. The van der Waals surface area contributed by atoms with Crippen LogP contribution in [0.2, 0.25) is 0 Å². The molecule has 0 saturated heterocycles. The summed E-state index contributed by atoms with van der Waals surface area (Å²) >= 11 is 1.50. The molecule has 1 amide bonds. The summed E-state index contributed by atoms with van der Waals surface area (Å²) in [5.41, 5.74) is 3.54. The van der Waals surface area contributed by atoms with Crippen LogP contribution < -0.4 is 10.1 Å². The van der Waals surface area contributed by atoms with Crippen molar-refractivity contribution in [2.45, 2.75) is 65.0 Å². The van der Waals surface area contributed by atoms with Gasteiger partial charge in [-0.1, -0.05) is 31.7 Å². The third-order valence-corrected chi connectivity index (χ3v) is 5.93. The van der Waals surface area contributed by atoms with Crippen LogP contribution in [0.5, 0.6) is 5.75 Å². The van der Waals surface area contributed by atoms with E-state index in [2.05, 4.69) is 31.3 Å². The molecule has 25 heavy (non-hydrogen) atoms. The lowest BCUT2D eigenvalue weighted by Gasteiger charge is -2.15. The number of carbonyl (C=O) groups excluding carboxylic acids is 1. The molecule has 3 rings (SSSR count). The first-order valence-corrected chi connectivity index (χ1v) is 10.1. The maximum absolute atomic E-state index is 12.5. The second-order valence-electron chi connectivity index (χ2n) is 7.02. The molecule has 1 aromatic carbocycles. The number of benzene rings is 1. The third kappa shape index (κ3) is 5.08. The number of nitrogens with one attached hydrogen (secondary N) is 1. The minimum atomic E-state index is 0.0642. The minimum Gasteiger partial charge on any atom is -0.489 e. The molecular weight excluding hydrogens is 330 g/mol. The number of thiophene rings is 1. The summed E-state index contributed by atoms with van der Waals surface area (Å²) in [4.78, 5) is 13.2. The summed E-state index contributed by atoms with van der Waals surface area (Å²) in [5, 5.41) is 5.22. The molecule has 134 valence electrons. The first kappa shape index (κ1) is 18.0. The first-order valence-electron chi connectivity index (χ1n) is 9.20. The van der Waals surface area contributed by atoms with Crippen molar-refractivity contribution >= 4 is 17.2 Å². The van der Waals surface area contributed by atoms with Crippen LogP contribution in [0, 0.1) is 13.8 Å². The van der Waals surface area contributed by atoms with E-state index in [1.165, 1.54) is 48.1 Å². The Morgan fingerprint density at radius 1 is 1.12 bits per heavy atom. The molecule has 4 heteroatoms. The van der Waals surface area contributed by atoms with E-state index in [1.807, 2.05) is 17.5 Å². The fourth-order valence-electron chi connectivity index (χ4n) is 3.22. The van der Waals surface area contributed by atoms with Gasteiger partial charge in [0.1, 0.15) is 12.4 Å². The smallest absolute Gasteiger partial charge is 0.261 e. The zero-order valence-electron chi connectivity index (χ0n) is 15.1. The molecule has 0 radical (unpaired) electrons. The number of carbonyl (C=O) groups is 1. The molecule has 1 aromatic heterocycles. The normalized spacial score (nSPS) is 15.6. The van der Waals surface area contributed by atoms with Crippen molar-refractivity contribution in [1.29, 1.82) is 0 Å². The Balaban J connectivity index is 1.54. The largest absolute Gasteiger partial charge is 0.489 e. The second kappa shape index (κ2) is 8.52. The van der Waals surface area contributed by atoms with Crippen molar-refractivity contribution in [1.82, 2.24) is 5.32 Å². The highest BCUT2D eigenvalue weighted by atomic mass is 32.1. The highest BCUT2D eigenvalue weighted by molar-refractivity contribution is 7.12. The van der Waals surface area contributed by atoms with Gasteiger partial charge in [0.15, 0.2) is 0 Å². The molecule has 1 N–H and O–H groups in total. The molecule has 0 spiro atoms. The average Bonchev–Trinajstić information content (AvgIpc) is 2.93. The van der Waals surface area contributed by atoms with E-state index in [-0.39, 0.29) is 5.91 Å². The first-order chi connectivity index (χ1) is 12.1. The Morgan fingerprint density at radius 2 is 1.88 bits per heavy atom. The molecular formula is C21H27NO2S. The molecule has 1 fully saturated rings. The van der Waals surface area contributed by atoms with Crippen LogP contribution in [0.15, 0.2) is 29.6 Å². The maximum Gasteiger partial charge on any atom is 0.261 e. The summed E-state index contributed by atoms with van der Waals surface area (Å²) in [5.74, 6) is 0.938. The number of rotatable bonds is 5. The third-order valence-electron chi connectivity index (χ3n) is 4.95. The topological polar surface area (TPSA) is 38.3 Å². The van der Waals surface area contributed by atoms with Gasteiger partial charge in [0.2, 0.25) is 0 Å². The lowest BCUT2D eigenvalue weighted by molar-refractivity contribution is 0.0937. The van der Waals surface area contributed by atoms with Gasteiger partial charge >= 0.3 is 0 Å². The van der Waals surface area contributed by atoms with Gasteiger partial charge in [-0.15, -0.1) is 11.3 Å². The van der Waals surface area contributed by atoms with Crippen molar-refractivity contribution in [2.75, 3.05) is 0 Å². The fraction of sp³-hybridized carbons (Fsp3) is 0.476. The minimum absolute atomic E-state index is 0.0642. The molecule has 3 nitrogen and oxygen atoms in total. The van der Waals surface area contributed by atoms with Crippen molar-refractivity contribution < 1.29 is 9.53 Å². The number of aryl methyl sites for hydroxylation is 2. The summed E-state index contributed by atoms with van der Waals surface area (Å²) in [6.45, 7) is 4.68. The van der Waals surface area contributed by atoms with Gasteiger partial charge < -0.3 is 10.1 Å². The average molecular weight is 358 g/mol. The van der Waals surface area contributed by atoms with Gasteiger partial charge in [0.05, 0.1) is 4.88 Å². The molecule has 0 unspecified atom stereocenters. The molecule has 1 heterocycles. The van der Waals surface area contributed by atoms with Crippen LogP contribution in [-0.2, 0) is 6.61 Å². The van der Waals surface area contributed by atoms with E-state index < -0.39 is 0 Å². The summed E-state index contributed by atoms with van der Waals surface area (Å²) in [7, 11) is 0. The number of ether oxygens (including phenoxy) is 1. The zero-order valence-corrected chi connectivity index (χ0v) is 16.0. The quantitative estimate of drug-likeness (QED) is 0.728. The molecule has 2 aromatic rings. The second-order valence-corrected chi connectivity index (χ2v) is 7.93. The zero-order chi connectivity index (χ0) is 17.6. The van der Waals surface area contributed by atoms with E-state index in [0.29, 0.717) is 12.6 Å². The van der Waals surface area contributed by atoms with Crippen LogP contribution in [-0.4, -0.2) is 11.9 Å².